The minimum atomic E-state index is -3.62. The Morgan fingerprint density at radius 1 is 1.18 bits per heavy atom. The summed E-state index contributed by atoms with van der Waals surface area (Å²) in [4.78, 5) is 12.9. The molecule has 2 aromatic carbocycles. The number of halogens is 1. The minimum Gasteiger partial charge on any atom is -0.353 e. The Hall–Kier alpha value is -2.34. The van der Waals surface area contributed by atoms with Crippen LogP contribution in [0.4, 0.5) is 9.52 Å². The number of piperidine rings is 1. The van der Waals surface area contributed by atoms with Crippen molar-refractivity contribution in [2.24, 2.45) is 5.92 Å². The number of hydrogen-bond donors (Lipinski definition) is 1. The van der Waals surface area contributed by atoms with Crippen molar-refractivity contribution in [3.05, 3.63) is 65.5 Å². The zero-order chi connectivity index (χ0) is 24.1. The Labute approximate surface area is 206 Å². The molecule has 0 radical (unpaired) electrons. The number of carbonyl (C=O) groups is 1. The zero-order valence-corrected chi connectivity index (χ0v) is 21.1. The summed E-state index contributed by atoms with van der Waals surface area (Å²) in [5, 5.41) is 11.6. The average Bonchev–Trinajstić information content (AvgIpc) is 3.30. The molecule has 0 aliphatic carbocycles. The lowest BCUT2D eigenvalue weighted by Crippen LogP contribution is -2.37. The summed E-state index contributed by atoms with van der Waals surface area (Å²) >= 11 is 2.79. The van der Waals surface area contributed by atoms with E-state index in [2.05, 4.69) is 22.4 Å². The summed E-state index contributed by atoms with van der Waals surface area (Å²) in [6.45, 7) is 3.10. The van der Waals surface area contributed by atoms with Crippen molar-refractivity contribution in [3.63, 3.8) is 0 Å². The second-order valence-corrected chi connectivity index (χ2v) is 12.3. The highest BCUT2D eigenvalue weighted by atomic mass is 32.2. The molecule has 3 aromatic rings. The van der Waals surface area contributed by atoms with Crippen molar-refractivity contribution >= 4 is 44.0 Å². The zero-order valence-electron chi connectivity index (χ0n) is 18.6. The van der Waals surface area contributed by atoms with Crippen LogP contribution in [0.1, 0.15) is 35.7 Å². The third-order valence-corrected chi connectivity index (χ3v) is 9.60. The fraction of sp³-hybridized carbons (Fsp3) is 0.348. The molecule has 4 rings (SSSR count). The van der Waals surface area contributed by atoms with Gasteiger partial charge in [-0.15, -0.1) is 10.2 Å². The van der Waals surface area contributed by atoms with E-state index in [1.165, 1.54) is 51.7 Å². The highest BCUT2D eigenvalue weighted by molar-refractivity contribution is 8.00. The maximum atomic E-state index is 13.0. The highest BCUT2D eigenvalue weighted by Gasteiger charge is 2.28. The molecule has 11 heteroatoms. The van der Waals surface area contributed by atoms with E-state index in [1.807, 2.05) is 0 Å². The van der Waals surface area contributed by atoms with Gasteiger partial charge in [0.2, 0.25) is 15.2 Å². The molecule has 1 N–H and O–H groups in total. The predicted octanol–water partition coefficient (Wildman–Crippen LogP) is 4.68. The summed E-state index contributed by atoms with van der Waals surface area (Å²) in [6, 6.07) is 12.5. The van der Waals surface area contributed by atoms with Gasteiger partial charge in [-0.25, -0.2) is 12.8 Å². The molecule has 1 fully saturated rings. The molecule has 1 saturated heterocycles. The third kappa shape index (κ3) is 6.21. The molecule has 0 atom stereocenters. The first-order chi connectivity index (χ1) is 16.3. The fourth-order valence-electron chi connectivity index (χ4n) is 3.53. The van der Waals surface area contributed by atoms with Crippen molar-refractivity contribution in [3.8, 4) is 0 Å². The Balaban J connectivity index is 1.33. The number of sulfonamides is 1. The summed E-state index contributed by atoms with van der Waals surface area (Å²) in [5.41, 5.74) is 1.30. The second kappa shape index (κ2) is 10.9. The number of nitrogens with zero attached hydrogens (tertiary/aromatic N) is 3. The average molecular weight is 521 g/mol. The number of thioether (sulfide) groups is 1. The summed E-state index contributed by atoms with van der Waals surface area (Å²) in [7, 11) is -3.62. The smallest absolute Gasteiger partial charge is 0.243 e. The van der Waals surface area contributed by atoms with Gasteiger partial charge in [-0.3, -0.25) is 4.79 Å². The summed E-state index contributed by atoms with van der Waals surface area (Å²) in [6.07, 6.45) is 1.68. The monoisotopic (exact) mass is 520 g/mol. The van der Waals surface area contributed by atoms with Crippen LogP contribution in [0, 0.1) is 11.7 Å². The molecule has 0 saturated carbocycles. The number of carbonyl (C=O) groups excluding carboxylic acids is 1. The van der Waals surface area contributed by atoms with Crippen LogP contribution in [-0.4, -0.2) is 48.3 Å². The number of anilines is 1. The van der Waals surface area contributed by atoms with E-state index in [0.717, 1.165) is 22.7 Å². The van der Waals surface area contributed by atoms with Gasteiger partial charge in [0.1, 0.15) is 5.82 Å². The van der Waals surface area contributed by atoms with Gasteiger partial charge in [0.15, 0.2) is 10.1 Å². The Kier molecular flexibility index (Phi) is 7.97. The first kappa shape index (κ1) is 24.8. The molecular weight excluding hydrogens is 495 g/mol. The number of rotatable bonds is 9. The highest BCUT2D eigenvalue weighted by Crippen LogP contribution is 2.28. The van der Waals surface area contributed by atoms with Crippen LogP contribution in [0.25, 0.3) is 0 Å². The van der Waals surface area contributed by atoms with E-state index in [4.69, 9.17) is 0 Å². The van der Waals surface area contributed by atoms with E-state index in [0.29, 0.717) is 35.5 Å². The first-order valence-corrected chi connectivity index (χ1v) is 14.1. The van der Waals surface area contributed by atoms with Gasteiger partial charge in [0.25, 0.3) is 0 Å². The standard InChI is InChI=1S/C23H25FN4O3S3/c1-16-9-11-28(12-10-16)34(30,31)20-4-2-3-18(13-20)21(29)14-25-22-26-27-23(33-22)32-15-17-5-7-19(24)8-6-17/h2-8,13,16H,9-12,14-15H2,1H3,(H,25,26). The summed E-state index contributed by atoms with van der Waals surface area (Å²) in [5.74, 6) is 0.642. The molecule has 34 heavy (non-hydrogen) atoms. The lowest BCUT2D eigenvalue weighted by molar-refractivity contribution is 0.101. The molecule has 0 bridgehead atoms. The topological polar surface area (TPSA) is 92.3 Å². The van der Waals surface area contributed by atoms with Gasteiger partial charge >= 0.3 is 0 Å². The lowest BCUT2D eigenvalue weighted by Gasteiger charge is -2.29. The van der Waals surface area contributed by atoms with Gasteiger partial charge in [0.05, 0.1) is 11.4 Å². The number of benzene rings is 2. The van der Waals surface area contributed by atoms with Crippen LogP contribution in [-0.2, 0) is 15.8 Å². The van der Waals surface area contributed by atoms with Gasteiger partial charge < -0.3 is 5.32 Å². The normalized spacial score (nSPS) is 15.4. The maximum absolute atomic E-state index is 13.0. The first-order valence-electron chi connectivity index (χ1n) is 10.9. The minimum absolute atomic E-state index is 0.0258. The molecule has 1 aliphatic rings. The van der Waals surface area contributed by atoms with Gasteiger partial charge in [-0.05, 0) is 48.6 Å². The molecule has 180 valence electrons. The fourth-order valence-corrected chi connectivity index (χ4v) is 6.75. The van der Waals surface area contributed by atoms with Crippen molar-refractivity contribution in [2.75, 3.05) is 25.0 Å². The second-order valence-electron chi connectivity index (χ2n) is 8.18. The Bertz CT molecular complexity index is 1240. The Morgan fingerprint density at radius 3 is 2.65 bits per heavy atom. The molecule has 0 spiro atoms. The Morgan fingerprint density at radius 2 is 1.91 bits per heavy atom. The van der Waals surface area contributed by atoms with E-state index in [1.54, 1.807) is 24.3 Å². The van der Waals surface area contributed by atoms with E-state index in [9.17, 15) is 17.6 Å². The quantitative estimate of drug-likeness (QED) is 0.323. The lowest BCUT2D eigenvalue weighted by atomic mass is 10.0. The predicted molar refractivity (Wildman–Crippen MR) is 132 cm³/mol. The molecule has 0 unspecified atom stereocenters. The number of aromatic nitrogens is 2. The number of ketones is 1. The van der Waals surface area contributed by atoms with Crippen LogP contribution >= 0.6 is 23.1 Å². The molecule has 2 heterocycles. The number of nitrogens with one attached hydrogen (secondary N) is 1. The molecule has 0 amide bonds. The van der Waals surface area contributed by atoms with Crippen LogP contribution in [0.15, 0.2) is 57.8 Å². The van der Waals surface area contributed by atoms with Gasteiger partial charge in [-0.2, -0.15) is 4.31 Å². The van der Waals surface area contributed by atoms with Crippen LogP contribution < -0.4 is 5.32 Å². The van der Waals surface area contributed by atoms with Crippen molar-refractivity contribution in [1.29, 1.82) is 0 Å². The van der Waals surface area contributed by atoms with Crippen molar-refractivity contribution in [1.82, 2.24) is 14.5 Å². The summed E-state index contributed by atoms with van der Waals surface area (Å²) < 4.78 is 41.2. The number of hydrogen-bond acceptors (Lipinski definition) is 8. The number of Topliss-reactive ketones (excluding diaryl/α,β-unsaturated/α-hetero) is 1. The van der Waals surface area contributed by atoms with E-state index < -0.39 is 10.0 Å². The van der Waals surface area contributed by atoms with Gasteiger partial charge in [0, 0.05) is 24.4 Å². The SMILES string of the molecule is CC1CCN(S(=O)(=O)c2cccc(C(=O)CNc3nnc(SCc4ccc(F)cc4)s3)c2)CC1. The van der Waals surface area contributed by atoms with E-state index in [-0.39, 0.29) is 23.0 Å². The van der Waals surface area contributed by atoms with Gasteiger partial charge in [-0.1, -0.05) is 54.3 Å². The van der Waals surface area contributed by atoms with Crippen LogP contribution in [0.3, 0.4) is 0 Å². The third-order valence-electron chi connectivity index (χ3n) is 5.62. The van der Waals surface area contributed by atoms with Crippen molar-refractivity contribution in [2.45, 2.75) is 34.8 Å². The molecular formula is C23H25FN4O3S3. The van der Waals surface area contributed by atoms with Crippen LogP contribution in [0.5, 0.6) is 0 Å². The largest absolute Gasteiger partial charge is 0.353 e. The van der Waals surface area contributed by atoms with E-state index >= 15 is 0 Å². The molecule has 1 aliphatic heterocycles. The van der Waals surface area contributed by atoms with Crippen molar-refractivity contribution < 1.29 is 17.6 Å². The molecule has 1 aromatic heterocycles. The molecule has 7 nitrogen and oxygen atoms in total. The van der Waals surface area contributed by atoms with Crippen LogP contribution in [0.2, 0.25) is 0 Å². The maximum Gasteiger partial charge on any atom is 0.243 e.